The van der Waals surface area contributed by atoms with Crippen LogP contribution >= 0.6 is 0 Å². The molecular weight excluding hydrogens is 404 g/mol. The van der Waals surface area contributed by atoms with Crippen LogP contribution in [0.5, 0.6) is 0 Å². The smallest absolute Gasteiger partial charge is 0.326 e. The zero-order valence-electron chi connectivity index (χ0n) is 16.8. The van der Waals surface area contributed by atoms with E-state index in [1.54, 1.807) is 30.3 Å². The molecular formula is C20H26N6O5. The van der Waals surface area contributed by atoms with Crippen molar-refractivity contribution in [2.24, 2.45) is 11.5 Å². The van der Waals surface area contributed by atoms with Crippen LogP contribution in [0, 0.1) is 0 Å². The van der Waals surface area contributed by atoms with E-state index < -0.39 is 41.8 Å². The molecule has 0 aliphatic heterocycles. The summed E-state index contributed by atoms with van der Waals surface area (Å²) in [5.41, 5.74) is 12.4. The van der Waals surface area contributed by atoms with Crippen molar-refractivity contribution in [1.82, 2.24) is 20.6 Å². The molecule has 11 heteroatoms. The third-order valence-corrected chi connectivity index (χ3v) is 4.54. The summed E-state index contributed by atoms with van der Waals surface area (Å²) in [5, 5.41) is 14.4. The molecule has 11 nitrogen and oxygen atoms in total. The van der Waals surface area contributed by atoms with Crippen molar-refractivity contribution in [1.29, 1.82) is 0 Å². The number of H-pyrrole nitrogens is 1. The topological polar surface area (TPSA) is 193 Å². The third kappa shape index (κ3) is 7.90. The minimum atomic E-state index is -1.23. The summed E-state index contributed by atoms with van der Waals surface area (Å²) >= 11 is 0. The van der Waals surface area contributed by atoms with Gasteiger partial charge in [0.25, 0.3) is 0 Å². The van der Waals surface area contributed by atoms with Crippen LogP contribution in [0.1, 0.15) is 24.1 Å². The van der Waals surface area contributed by atoms with Crippen molar-refractivity contribution in [3.8, 4) is 0 Å². The number of aromatic nitrogens is 2. The number of carbonyl (C=O) groups is 4. The molecule has 1 aromatic carbocycles. The highest BCUT2D eigenvalue weighted by Crippen LogP contribution is 2.06. The van der Waals surface area contributed by atoms with Gasteiger partial charge in [0.15, 0.2) is 0 Å². The standard InChI is InChI=1S/C20H26N6O5/c21-14(9-13-10-23-11-24-13)18(28)25-15(6-7-17(22)27)19(29)26-16(20(30)31)8-12-4-2-1-3-5-12/h1-5,10-11,14-16H,6-9,21H2,(H2,22,27)(H,23,24)(H,25,28)(H,26,29)(H,30,31)/t14-,15-,16-/m0/s1. The Balaban J connectivity index is 2.05. The number of nitrogens with one attached hydrogen (secondary N) is 3. The second kappa shape index (κ2) is 11.5. The molecule has 0 radical (unpaired) electrons. The predicted molar refractivity (Wildman–Crippen MR) is 110 cm³/mol. The number of aromatic amines is 1. The number of imidazole rings is 1. The molecule has 0 aliphatic carbocycles. The molecule has 0 spiro atoms. The van der Waals surface area contributed by atoms with E-state index in [1.807, 2.05) is 0 Å². The number of benzene rings is 1. The predicted octanol–water partition coefficient (Wildman–Crippen LogP) is -1.16. The minimum Gasteiger partial charge on any atom is -0.480 e. The summed E-state index contributed by atoms with van der Waals surface area (Å²) in [6.07, 6.45) is 2.90. The van der Waals surface area contributed by atoms with Crippen molar-refractivity contribution >= 4 is 23.7 Å². The summed E-state index contributed by atoms with van der Waals surface area (Å²) in [5.74, 6) is -3.26. The summed E-state index contributed by atoms with van der Waals surface area (Å²) in [6.45, 7) is 0. The number of nitrogens with zero attached hydrogens (tertiary/aromatic N) is 1. The fourth-order valence-electron chi connectivity index (χ4n) is 2.88. The highest BCUT2D eigenvalue weighted by Gasteiger charge is 2.28. The van der Waals surface area contributed by atoms with E-state index in [0.29, 0.717) is 5.69 Å². The van der Waals surface area contributed by atoms with Gasteiger partial charge in [-0.1, -0.05) is 30.3 Å². The summed E-state index contributed by atoms with van der Waals surface area (Å²) in [4.78, 5) is 54.7. The number of primary amides is 1. The van der Waals surface area contributed by atoms with Crippen molar-refractivity contribution < 1.29 is 24.3 Å². The molecule has 1 heterocycles. The Morgan fingerprint density at radius 3 is 2.29 bits per heavy atom. The number of nitrogens with two attached hydrogens (primary N) is 2. The number of carboxylic acids is 1. The van der Waals surface area contributed by atoms with Gasteiger partial charge in [-0.05, 0) is 12.0 Å². The molecule has 1 aromatic heterocycles. The Kier molecular flexibility index (Phi) is 8.70. The summed E-state index contributed by atoms with van der Waals surface area (Å²) in [7, 11) is 0. The molecule has 3 atom stereocenters. The minimum absolute atomic E-state index is 0.0533. The van der Waals surface area contributed by atoms with Gasteiger partial charge in [-0.25, -0.2) is 9.78 Å². The van der Waals surface area contributed by atoms with Gasteiger partial charge < -0.3 is 32.2 Å². The Morgan fingerprint density at radius 1 is 1.03 bits per heavy atom. The molecule has 166 valence electrons. The van der Waals surface area contributed by atoms with Crippen LogP contribution in [0.4, 0.5) is 0 Å². The van der Waals surface area contributed by atoms with Crippen LogP contribution in [-0.2, 0) is 32.0 Å². The molecule has 0 aliphatic rings. The van der Waals surface area contributed by atoms with E-state index in [1.165, 1.54) is 12.5 Å². The molecule has 0 bridgehead atoms. The lowest BCUT2D eigenvalue weighted by Gasteiger charge is -2.22. The fraction of sp³-hybridized carbons (Fsp3) is 0.350. The Hall–Kier alpha value is -3.73. The summed E-state index contributed by atoms with van der Waals surface area (Å²) in [6, 6.07) is 5.40. The van der Waals surface area contributed by atoms with Gasteiger partial charge in [0.05, 0.1) is 12.4 Å². The van der Waals surface area contributed by atoms with Crippen LogP contribution in [-0.4, -0.2) is 56.9 Å². The van der Waals surface area contributed by atoms with Crippen molar-refractivity contribution in [3.63, 3.8) is 0 Å². The number of hydrogen-bond acceptors (Lipinski definition) is 6. The van der Waals surface area contributed by atoms with E-state index in [2.05, 4.69) is 20.6 Å². The quantitative estimate of drug-likeness (QED) is 0.244. The first-order chi connectivity index (χ1) is 14.8. The number of carboxylic acid groups (broad SMARTS) is 1. The van der Waals surface area contributed by atoms with Crippen molar-refractivity contribution in [2.45, 2.75) is 43.8 Å². The lowest BCUT2D eigenvalue weighted by Crippen LogP contribution is -2.55. The Morgan fingerprint density at radius 2 is 1.71 bits per heavy atom. The Labute approximate surface area is 178 Å². The van der Waals surface area contributed by atoms with E-state index in [9.17, 15) is 24.3 Å². The Bertz CT molecular complexity index is 887. The highest BCUT2D eigenvalue weighted by molar-refractivity contribution is 5.92. The van der Waals surface area contributed by atoms with Gasteiger partial charge in [0.2, 0.25) is 17.7 Å². The maximum Gasteiger partial charge on any atom is 0.326 e. The van der Waals surface area contributed by atoms with Crippen LogP contribution < -0.4 is 22.1 Å². The maximum absolute atomic E-state index is 12.7. The lowest BCUT2D eigenvalue weighted by atomic mass is 10.0. The van der Waals surface area contributed by atoms with Crippen molar-refractivity contribution in [2.75, 3.05) is 0 Å². The number of hydrogen-bond donors (Lipinski definition) is 6. The van der Waals surface area contributed by atoms with Gasteiger partial charge in [-0.15, -0.1) is 0 Å². The van der Waals surface area contributed by atoms with Crippen molar-refractivity contribution in [3.05, 3.63) is 54.1 Å². The first kappa shape index (κ1) is 23.5. The second-order valence-electron chi connectivity index (χ2n) is 7.04. The largest absolute Gasteiger partial charge is 0.480 e. The van der Waals surface area contributed by atoms with E-state index in [0.717, 1.165) is 5.56 Å². The first-order valence-electron chi connectivity index (χ1n) is 9.65. The van der Waals surface area contributed by atoms with Gasteiger partial charge in [-0.2, -0.15) is 0 Å². The molecule has 2 aromatic rings. The molecule has 0 saturated carbocycles. The molecule has 0 fully saturated rings. The first-order valence-corrected chi connectivity index (χ1v) is 9.65. The van der Waals surface area contributed by atoms with Crippen LogP contribution in [0.3, 0.4) is 0 Å². The van der Waals surface area contributed by atoms with Crippen LogP contribution in [0.2, 0.25) is 0 Å². The molecule has 0 unspecified atom stereocenters. The zero-order chi connectivity index (χ0) is 22.8. The van der Waals surface area contributed by atoms with Gasteiger partial charge >= 0.3 is 5.97 Å². The average Bonchev–Trinajstić information content (AvgIpc) is 3.23. The normalized spacial score (nSPS) is 13.6. The zero-order valence-corrected chi connectivity index (χ0v) is 16.8. The number of amides is 3. The monoisotopic (exact) mass is 430 g/mol. The SMILES string of the molecule is NC(=O)CC[C@H](NC(=O)[C@@H](N)Cc1cnc[nH]1)C(=O)N[C@@H](Cc1ccccc1)C(=O)O. The van der Waals surface area contributed by atoms with E-state index in [-0.39, 0.29) is 25.7 Å². The highest BCUT2D eigenvalue weighted by atomic mass is 16.4. The summed E-state index contributed by atoms with van der Waals surface area (Å²) < 4.78 is 0. The van der Waals surface area contributed by atoms with Gasteiger partial charge in [0, 0.05) is 31.2 Å². The number of carbonyl (C=O) groups excluding carboxylic acids is 3. The molecule has 31 heavy (non-hydrogen) atoms. The molecule has 0 saturated heterocycles. The maximum atomic E-state index is 12.7. The van der Waals surface area contributed by atoms with Gasteiger partial charge in [-0.3, -0.25) is 14.4 Å². The molecule has 3 amide bonds. The molecule has 2 rings (SSSR count). The fourth-order valence-corrected chi connectivity index (χ4v) is 2.88. The average molecular weight is 430 g/mol. The number of rotatable bonds is 12. The lowest BCUT2D eigenvalue weighted by molar-refractivity contribution is -0.142. The molecule has 8 N–H and O–H groups in total. The second-order valence-corrected chi connectivity index (χ2v) is 7.04. The van der Waals surface area contributed by atoms with Gasteiger partial charge in [0.1, 0.15) is 12.1 Å². The number of aliphatic carboxylic acids is 1. The third-order valence-electron chi connectivity index (χ3n) is 4.54. The van der Waals surface area contributed by atoms with E-state index >= 15 is 0 Å². The van der Waals surface area contributed by atoms with Crippen LogP contribution in [0.15, 0.2) is 42.9 Å². The van der Waals surface area contributed by atoms with E-state index in [4.69, 9.17) is 11.5 Å². The van der Waals surface area contributed by atoms with Crippen LogP contribution in [0.25, 0.3) is 0 Å².